The third-order valence-corrected chi connectivity index (χ3v) is 4.13. The lowest BCUT2D eigenvalue weighted by Crippen LogP contribution is -1.84. The summed E-state index contributed by atoms with van der Waals surface area (Å²) in [4.78, 5) is 8.75. The number of oxazole rings is 1. The van der Waals surface area contributed by atoms with Crippen molar-refractivity contribution in [3.8, 4) is 17.1 Å². The maximum Gasteiger partial charge on any atom is 0.209 e. The van der Waals surface area contributed by atoms with Gasteiger partial charge in [0.25, 0.3) is 0 Å². The molecule has 2 aromatic heterocycles. The van der Waals surface area contributed by atoms with Crippen LogP contribution in [0.5, 0.6) is 5.75 Å². The molecule has 1 N–H and O–H groups in total. The van der Waals surface area contributed by atoms with E-state index in [0.29, 0.717) is 22.7 Å². The van der Waals surface area contributed by atoms with E-state index in [9.17, 15) is 0 Å². The van der Waals surface area contributed by atoms with Crippen LogP contribution in [0.2, 0.25) is 0 Å². The number of aromatic nitrogens is 4. The summed E-state index contributed by atoms with van der Waals surface area (Å²) in [5.41, 5.74) is 0.961. The van der Waals surface area contributed by atoms with Crippen molar-refractivity contribution in [3.63, 3.8) is 0 Å². The number of methoxy groups -OCH3 is 1. The zero-order valence-corrected chi connectivity index (χ0v) is 14.1. The standard InChI is InChI=1S/C16H18N4O2S/c1-10(2)13-8-17-14(22-13)9-23-16-18-15(19-20-16)11-4-6-12(21-3)7-5-11/h4-8,10H,9H2,1-3H3,(H,18,19,20). The smallest absolute Gasteiger partial charge is 0.209 e. The Morgan fingerprint density at radius 1 is 1.26 bits per heavy atom. The topological polar surface area (TPSA) is 76.8 Å². The van der Waals surface area contributed by atoms with Crippen LogP contribution in [0.15, 0.2) is 40.0 Å². The van der Waals surface area contributed by atoms with Crippen LogP contribution in [0.25, 0.3) is 11.4 Å². The summed E-state index contributed by atoms with van der Waals surface area (Å²) in [5, 5.41) is 7.83. The van der Waals surface area contributed by atoms with Gasteiger partial charge in [-0.05, 0) is 24.3 Å². The van der Waals surface area contributed by atoms with Crippen molar-refractivity contribution in [2.45, 2.75) is 30.7 Å². The van der Waals surface area contributed by atoms with Gasteiger partial charge in [0.1, 0.15) is 11.5 Å². The molecular formula is C16H18N4O2S. The first-order chi connectivity index (χ1) is 11.2. The summed E-state index contributed by atoms with van der Waals surface area (Å²) in [6, 6.07) is 7.67. The van der Waals surface area contributed by atoms with Gasteiger partial charge < -0.3 is 9.15 Å². The normalized spacial score (nSPS) is 11.1. The lowest BCUT2D eigenvalue weighted by Gasteiger charge is -1.99. The Kier molecular flexibility index (Phi) is 4.66. The van der Waals surface area contributed by atoms with E-state index in [1.165, 1.54) is 11.8 Å². The highest BCUT2D eigenvalue weighted by atomic mass is 32.2. The molecule has 7 heteroatoms. The van der Waals surface area contributed by atoms with Gasteiger partial charge in [-0.15, -0.1) is 5.10 Å². The van der Waals surface area contributed by atoms with Gasteiger partial charge in [-0.3, -0.25) is 5.10 Å². The highest BCUT2D eigenvalue weighted by molar-refractivity contribution is 7.98. The minimum Gasteiger partial charge on any atom is -0.497 e. The van der Waals surface area contributed by atoms with E-state index in [1.807, 2.05) is 24.3 Å². The van der Waals surface area contributed by atoms with Crippen LogP contribution in [0.1, 0.15) is 31.4 Å². The van der Waals surface area contributed by atoms with E-state index < -0.39 is 0 Å². The van der Waals surface area contributed by atoms with Crippen LogP contribution in [0.3, 0.4) is 0 Å². The Morgan fingerprint density at radius 3 is 2.70 bits per heavy atom. The molecule has 0 fully saturated rings. The maximum atomic E-state index is 5.67. The second kappa shape index (κ2) is 6.87. The fraction of sp³-hybridized carbons (Fsp3) is 0.312. The molecule has 0 aliphatic carbocycles. The lowest BCUT2D eigenvalue weighted by molar-refractivity contribution is 0.415. The lowest BCUT2D eigenvalue weighted by atomic mass is 10.2. The Balaban J connectivity index is 1.64. The zero-order valence-electron chi connectivity index (χ0n) is 13.2. The Labute approximate surface area is 138 Å². The summed E-state index contributed by atoms with van der Waals surface area (Å²) in [6.07, 6.45) is 1.78. The fourth-order valence-electron chi connectivity index (χ4n) is 1.97. The van der Waals surface area contributed by atoms with Crippen molar-refractivity contribution in [1.29, 1.82) is 0 Å². The van der Waals surface area contributed by atoms with Crippen LogP contribution in [-0.4, -0.2) is 27.3 Å². The molecule has 2 heterocycles. The number of benzene rings is 1. The molecular weight excluding hydrogens is 312 g/mol. The van der Waals surface area contributed by atoms with Gasteiger partial charge in [0, 0.05) is 11.5 Å². The van der Waals surface area contributed by atoms with Gasteiger partial charge in [0.05, 0.1) is 19.1 Å². The monoisotopic (exact) mass is 330 g/mol. The Morgan fingerprint density at radius 2 is 2.04 bits per heavy atom. The van der Waals surface area contributed by atoms with E-state index in [1.54, 1.807) is 13.3 Å². The average molecular weight is 330 g/mol. The van der Waals surface area contributed by atoms with Crippen molar-refractivity contribution in [2.24, 2.45) is 0 Å². The first-order valence-electron chi connectivity index (χ1n) is 7.30. The predicted octanol–water partition coefficient (Wildman–Crippen LogP) is 3.88. The molecule has 0 atom stereocenters. The molecule has 0 aliphatic rings. The van der Waals surface area contributed by atoms with Gasteiger partial charge in [-0.2, -0.15) is 0 Å². The van der Waals surface area contributed by atoms with Crippen LogP contribution >= 0.6 is 11.8 Å². The first kappa shape index (κ1) is 15.6. The van der Waals surface area contributed by atoms with Gasteiger partial charge in [0.15, 0.2) is 5.82 Å². The molecule has 0 saturated heterocycles. The predicted molar refractivity (Wildman–Crippen MR) is 88.5 cm³/mol. The molecule has 120 valence electrons. The summed E-state index contributed by atoms with van der Waals surface area (Å²) in [6.45, 7) is 4.15. The van der Waals surface area contributed by atoms with Crippen LogP contribution < -0.4 is 4.74 Å². The first-order valence-corrected chi connectivity index (χ1v) is 8.28. The van der Waals surface area contributed by atoms with E-state index in [4.69, 9.17) is 9.15 Å². The molecule has 0 unspecified atom stereocenters. The third kappa shape index (κ3) is 3.73. The number of nitrogens with one attached hydrogen (secondary N) is 1. The molecule has 3 rings (SSSR count). The van der Waals surface area contributed by atoms with Crippen molar-refractivity contribution in [2.75, 3.05) is 7.11 Å². The average Bonchev–Trinajstić information content (AvgIpc) is 3.22. The second-order valence-corrected chi connectivity index (χ2v) is 6.24. The number of hydrogen-bond acceptors (Lipinski definition) is 6. The van der Waals surface area contributed by atoms with Crippen molar-refractivity contribution >= 4 is 11.8 Å². The summed E-state index contributed by atoms with van der Waals surface area (Å²) in [7, 11) is 1.64. The van der Waals surface area contributed by atoms with Crippen molar-refractivity contribution in [3.05, 3.63) is 42.1 Å². The molecule has 0 spiro atoms. The van der Waals surface area contributed by atoms with E-state index in [2.05, 4.69) is 34.0 Å². The van der Waals surface area contributed by atoms with Crippen molar-refractivity contribution < 1.29 is 9.15 Å². The SMILES string of the molecule is COc1ccc(-c2nc(SCc3ncc(C(C)C)o3)n[nH]2)cc1. The number of H-pyrrole nitrogens is 1. The number of hydrogen-bond donors (Lipinski definition) is 1. The Bertz CT molecular complexity index is 764. The molecule has 0 aliphatic heterocycles. The van der Waals surface area contributed by atoms with Crippen LogP contribution in [0.4, 0.5) is 0 Å². The van der Waals surface area contributed by atoms with Gasteiger partial charge in [0.2, 0.25) is 11.0 Å². The number of nitrogens with zero attached hydrogens (tertiary/aromatic N) is 3. The van der Waals surface area contributed by atoms with E-state index in [-0.39, 0.29) is 0 Å². The Hall–Kier alpha value is -2.28. The highest BCUT2D eigenvalue weighted by Gasteiger charge is 2.10. The van der Waals surface area contributed by atoms with Crippen molar-refractivity contribution in [1.82, 2.24) is 20.2 Å². The number of aromatic amines is 1. The molecule has 3 aromatic rings. The maximum absolute atomic E-state index is 5.67. The molecule has 1 aromatic carbocycles. The molecule has 23 heavy (non-hydrogen) atoms. The molecule has 0 radical (unpaired) electrons. The molecule has 0 bridgehead atoms. The minimum atomic E-state index is 0.339. The van der Waals surface area contributed by atoms with E-state index in [0.717, 1.165) is 22.9 Å². The van der Waals surface area contributed by atoms with Crippen LogP contribution in [-0.2, 0) is 5.75 Å². The van der Waals surface area contributed by atoms with Crippen LogP contribution in [0, 0.1) is 0 Å². The number of ether oxygens (including phenoxy) is 1. The summed E-state index contributed by atoms with van der Waals surface area (Å²) >= 11 is 1.49. The minimum absolute atomic E-state index is 0.339. The zero-order chi connectivity index (χ0) is 16.2. The number of thioether (sulfide) groups is 1. The summed E-state index contributed by atoms with van der Waals surface area (Å²) in [5.74, 6) is 4.07. The van der Waals surface area contributed by atoms with E-state index >= 15 is 0 Å². The van der Waals surface area contributed by atoms with Gasteiger partial charge in [-0.25, -0.2) is 9.97 Å². The van der Waals surface area contributed by atoms with Gasteiger partial charge in [-0.1, -0.05) is 25.6 Å². The highest BCUT2D eigenvalue weighted by Crippen LogP contribution is 2.24. The van der Waals surface area contributed by atoms with Gasteiger partial charge >= 0.3 is 0 Å². The molecule has 0 amide bonds. The third-order valence-electron chi connectivity index (χ3n) is 3.29. The number of rotatable bonds is 6. The second-order valence-electron chi connectivity index (χ2n) is 5.29. The summed E-state index contributed by atoms with van der Waals surface area (Å²) < 4.78 is 10.8. The quantitative estimate of drug-likeness (QED) is 0.691. The molecule has 6 nitrogen and oxygen atoms in total. The fourth-order valence-corrected chi connectivity index (χ4v) is 2.63. The molecule has 0 saturated carbocycles. The largest absolute Gasteiger partial charge is 0.497 e.